The number of rotatable bonds is 3. The Kier molecular flexibility index (Phi) is 3.14. The molecule has 0 aliphatic heterocycles. The van der Waals surface area contributed by atoms with Gasteiger partial charge in [0.2, 0.25) is 0 Å². The Morgan fingerprint density at radius 1 is 1.12 bits per heavy atom. The van der Waals surface area contributed by atoms with Crippen LogP contribution in [0, 0.1) is 6.92 Å². The number of H-pyrrole nitrogens is 3. The molecule has 8 heteroatoms. The van der Waals surface area contributed by atoms with Gasteiger partial charge >= 0.3 is 0 Å². The summed E-state index contributed by atoms with van der Waals surface area (Å²) in [6, 6.07) is 7.98. The second-order valence-corrected chi connectivity index (χ2v) is 5.95. The highest BCUT2D eigenvalue weighted by atomic mass is 15.1. The van der Waals surface area contributed by atoms with Crippen molar-refractivity contribution in [1.29, 1.82) is 0 Å². The van der Waals surface area contributed by atoms with E-state index in [0.717, 1.165) is 39.1 Å². The second-order valence-electron chi connectivity index (χ2n) is 5.95. The molecule has 0 amide bonds. The van der Waals surface area contributed by atoms with Crippen molar-refractivity contribution in [2.75, 3.05) is 5.32 Å². The first-order valence-electron chi connectivity index (χ1n) is 8.17. The van der Waals surface area contributed by atoms with Gasteiger partial charge in [0.05, 0.1) is 29.3 Å². The first-order chi connectivity index (χ1) is 12.8. The number of nitrogens with one attached hydrogen (secondary N) is 4. The summed E-state index contributed by atoms with van der Waals surface area (Å²) in [6.45, 7) is 1.86. The van der Waals surface area contributed by atoms with Crippen LogP contribution in [0.15, 0.2) is 49.2 Å². The van der Waals surface area contributed by atoms with E-state index in [1.807, 2.05) is 49.8 Å². The monoisotopic (exact) mass is 343 g/mol. The maximum atomic E-state index is 4.64. The van der Waals surface area contributed by atoms with Gasteiger partial charge < -0.3 is 10.3 Å². The molecule has 8 nitrogen and oxygen atoms in total. The molecule has 0 radical (unpaired) electrons. The van der Waals surface area contributed by atoms with E-state index in [0.29, 0.717) is 11.5 Å². The molecule has 0 saturated carbocycles. The number of hydrogen-bond donors (Lipinski definition) is 3. The fraction of sp³-hybridized carbons (Fsp3) is 0.0556. The van der Waals surface area contributed by atoms with Crippen LogP contribution in [0.2, 0.25) is 0 Å². The van der Waals surface area contributed by atoms with Crippen LogP contribution in [0.5, 0.6) is 0 Å². The maximum absolute atomic E-state index is 4.64. The maximum Gasteiger partial charge on any atom is 0.181 e. The van der Waals surface area contributed by atoms with E-state index in [4.69, 9.17) is 0 Å². The van der Waals surface area contributed by atoms with Crippen LogP contribution in [0.1, 0.15) is 5.82 Å². The summed E-state index contributed by atoms with van der Waals surface area (Å²) in [4.78, 5) is 19.6. The molecule has 0 spiro atoms. The number of aromatic amines is 3. The van der Waals surface area contributed by atoms with Crippen LogP contribution in [0.3, 0.4) is 0 Å². The number of hydrogen-bond acceptors (Lipinski definition) is 5. The average Bonchev–Trinajstić information content (AvgIpc) is 3.31. The van der Waals surface area contributed by atoms with Gasteiger partial charge in [-0.2, -0.15) is 5.10 Å². The Balaban J connectivity index is 1.68. The summed E-state index contributed by atoms with van der Waals surface area (Å²) in [7, 11) is 0. The minimum absolute atomic E-state index is 0.652. The first-order valence-corrected chi connectivity index (χ1v) is 8.17. The molecule has 126 valence electrons. The summed E-state index contributed by atoms with van der Waals surface area (Å²) in [5.41, 5.74) is 6.05. The predicted molar refractivity (Wildman–Crippen MR) is 97.8 cm³/mol. The van der Waals surface area contributed by atoms with Crippen molar-refractivity contribution >= 4 is 33.4 Å². The van der Waals surface area contributed by atoms with Gasteiger partial charge in [0.25, 0.3) is 0 Å². The molecule has 4 heterocycles. The fourth-order valence-electron chi connectivity index (χ4n) is 3.09. The van der Waals surface area contributed by atoms with Gasteiger partial charge in [-0.1, -0.05) is 6.07 Å². The molecule has 0 fully saturated rings. The lowest BCUT2D eigenvalue weighted by Gasteiger charge is -2.11. The van der Waals surface area contributed by atoms with Crippen molar-refractivity contribution < 1.29 is 4.98 Å². The Morgan fingerprint density at radius 3 is 3.04 bits per heavy atom. The van der Waals surface area contributed by atoms with Crippen molar-refractivity contribution in [2.24, 2.45) is 0 Å². The molecular formula is C18H15N8+. The number of nitrogens with zero attached hydrogens (tertiary/aromatic N) is 4. The third-order valence-corrected chi connectivity index (χ3v) is 4.27. The zero-order valence-electron chi connectivity index (χ0n) is 13.9. The lowest BCUT2D eigenvalue weighted by atomic mass is 10.1. The van der Waals surface area contributed by atoms with Gasteiger partial charge in [0.1, 0.15) is 17.0 Å². The van der Waals surface area contributed by atoms with Crippen LogP contribution in [0.4, 0.5) is 11.4 Å². The van der Waals surface area contributed by atoms with Gasteiger partial charge in [-0.25, -0.2) is 19.9 Å². The van der Waals surface area contributed by atoms with Gasteiger partial charge in [0.15, 0.2) is 18.0 Å². The quantitative estimate of drug-likeness (QED) is 0.467. The zero-order chi connectivity index (χ0) is 17.5. The highest BCUT2D eigenvalue weighted by Crippen LogP contribution is 2.32. The number of anilines is 2. The van der Waals surface area contributed by atoms with Gasteiger partial charge in [0, 0.05) is 17.1 Å². The zero-order valence-corrected chi connectivity index (χ0v) is 13.9. The molecule has 0 atom stereocenters. The van der Waals surface area contributed by atoms with E-state index >= 15 is 0 Å². The predicted octanol–water partition coefficient (Wildman–Crippen LogP) is 2.76. The van der Waals surface area contributed by atoms with Crippen LogP contribution < -0.4 is 10.3 Å². The summed E-state index contributed by atoms with van der Waals surface area (Å²) in [5, 5.41) is 11.6. The van der Waals surface area contributed by atoms with Crippen LogP contribution in [-0.2, 0) is 0 Å². The summed E-state index contributed by atoms with van der Waals surface area (Å²) in [6.07, 6.45) is 7.24. The van der Waals surface area contributed by atoms with E-state index in [2.05, 4.69) is 40.4 Å². The lowest BCUT2D eigenvalue weighted by molar-refractivity contribution is -0.377. The molecule has 0 bridgehead atoms. The average molecular weight is 343 g/mol. The van der Waals surface area contributed by atoms with Gasteiger partial charge in [-0.05, 0) is 19.1 Å². The summed E-state index contributed by atoms with van der Waals surface area (Å²) < 4.78 is 0. The smallest absolute Gasteiger partial charge is 0.181 e. The minimum Gasteiger partial charge on any atom is -0.354 e. The highest BCUT2D eigenvalue weighted by Gasteiger charge is 2.17. The van der Waals surface area contributed by atoms with E-state index in [1.54, 1.807) is 6.33 Å². The fourth-order valence-corrected chi connectivity index (χ4v) is 3.09. The van der Waals surface area contributed by atoms with E-state index in [9.17, 15) is 0 Å². The molecule has 1 aromatic carbocycles. The highest BCUT2D eigenvalue weighted by molar-refractivity contribution is 5.96. The van der Waals surface area contributed by atoms with Crippen LogP contribution >= 0.6 is 0 Å². The van der Waals surface area contributed by atoms with E-state index in [-0.39, 0.29) is 0 Å². The molecule has 5 rings (SSSR count). The number of aromatic nitrogens is 7. The standard InChI is InChI=1S/C18H14N8/c1-10-23-16(17-18(24-10)21-9-20-17)12-7-19-6-5-14(12)25-13-3-2-4-15-11(13)8-22-26-15/h2-9H,1H3,(H,19,25)(H,22,26)(H,20,21,23,24)/p+1. The van der Waals surface area contributed by atoms with Crippen LogP contribution in [0.25, 0.3) is 33.3 Å². The van der Waals surface area contributed by atoms with Gasteiger partial charge in [-0.15, -0.1) is 0 Å². The van der Waals surface area contributed by atoms with E-state index in [1.165, 1.54) is 0 Å². The van der Waals surface area contributed by atoms with Crippen molar-refractivity contribution in [3.8, 4) is 11.3 Å². The first kappa shape index (κ1) is 14.5. The Morgan fingerprint density at radius 2 is 2.08 bits per heavy atom. The Hall–Kier alpha value is -3.81. The molecule has 26 heavy (non-hydrogen) atoms. The normalized spacial score (nSPS) is 11.3. The molecule has 4 N–H and O–H groups in total. The molecule has 5 aromatic rings. The third-order valence-electron chi connectivity index (χ3n) is 4.27. The van der Waals surface area contributed by atoms with E-state index < -0.39 is 0 Å². The van der Waals surface area contributed by atoms with Crippen molar-refractivity contribution in [2.45, 2.75) is 6.92 Å². The van der Waals surface area contributed by atoms with Crippen molar-refractivity contribution in [3.63, 3.8) is 0 Å². The number of benzene rings is 1. The molecule has 0 saturated heterocycles. The molecular weight excluding hydrogens is 328 g/mol. The topological polar surface area (TPSA) is 109 Å². The number of fused-ring (bicyclic) bond motifs is 2. The number of imidazole rings is 1. The lowest BCUT2D eigenvalue weighted by Crippen LogP contribution is -2.05. The summed E-state index contributed by atoms with van der Waals surface area (Å²) >= 11 is 0. The number of aryl methyl sites for hydroxylation is 1. The molecule has 0 aliphatic rings. The second kappa shape index (κ2) is 5.62. The van der Waals surface area contributed by atoms with Crippen molar-refractivity contribution in [1.82, 2.24) is 30.1 Å². The molecule has 4 aromatic heterocycles. The van der Waals surface area contributed by atoms with Crippen molar-refractivity contribution in [3.05, 3.63) is 55.0 Å². The SMILES string of the molecule is Cc1nc(-c2c[nH+]ccc2Nc2cccc3[nH]ncc23)c2[nH]cnc2n1. The minimum atomic E-state index is 0.652. The number of pyridine rings is 1. The largest absolute Gasteiger partial charge is 0.354 e. The summed E-state index contributed by atoms with van der Waals surface area (Å²) in [5.74, 6) is 0.673. The van der Waals surface area contributed by atoms with Crippen LogP contribution in [-0.4, -0.2) is 30.1 Å². The molecule has 0 unspecified atom stereocenters. The van der Waals surface area contributed by atoms with Gasteiger partial charge in [-0.3, -0.25) is 5.10 Å². The molecule has 0 aliphatic carbocycles. The Bertz CT molecular complexity index is 1240. The third kappa shape index (κ3) is 2.27. The Labute approximate surface area is 147 Å².